The van der Waals surface area contributed by atoms with Crippen LogP contribution in [0.15, 0.2) is 59.5 Å². The predicted molar refractivity (Wildman–Crippen MR) is 123 cm³/mol. The lowest BCUT2D eigenvalue weighted by Gasteiger charge is -2.30. The van der Waals surface area contributed by atoms with Gasteiger partial charge in [-0.1, -0.05) is 24.3 Å². The molecule has 0 spiro atoms. The van der Waals surface area contributed by atoms with Crippen LogP contribution in [-0.4, -0.2) is 45.9 Å². The van der Waals surface area contributed by atoms with Gasteiger partial charge in [-0.05, 0) is 62.2 Å². The Labute approximate surface area is 186 Å². The molecule has 1 aromatic heterocycles. The monoisotopic (exact) mass is 433 g/mol. The number of anilines is 1. The number of nitrogens with zero attached hydrogens (tertiary/aromatic N) is 3. The molecule has 1 fully saturated rings. The Kier molecular flexibility index (Phi) is 6.61. The molecule has 2 heterocycles. The van der Waals surface area contributed by atoms with Gasteiger partial charge in [0.2, 0.25) is 11.8 Å². The number of nitrogens with one attached hydrogen (secondary N) is 1. The van der Waals surface area contributed by atoms with Gasteiger partial charge in [-0.25, -0.2) is 4.98 Å². The summed E-state index contributed by atoms with van der Waals surface area (Å²) in [5.74, 6) is -0.451. The van der Waals surface area contributed by atoms with E-state index in [1.807, 2.05) is 42.5 Å². The second-order valence-electron chi connectivity index (χ2n) is 8.18. The summed E-state index contributed by atoms with van der Waals surface area (Å²) in [4.78, 5) is 42.5. The zero-order valence-corrected chi connectivity index (χ0v) is 17.9. The molecule has 0 radical (unpaired) electrons. The fraction of sp³-hybridized carbons (Fsp3) is 0.333. The van der Waals surface area contributed by atoms with E-state index >= 15 is 0 Å². The van der Waals surface area contributed by atoms with E-state index in [2.05, 4.69) is 15.2 Å². The first-order chi connectivity index (χ1) is 15.5. The van der Waals surface area contributed by atoms with Crippen LogP contribution in [0.5, 0.6) is 0 Å². The molecule has 4 rings (SSSR count). The SMILES string of the molecule is NC(=O)C1CCN(CCc2ccc(NC(=O)Cn3c(=O)cnc4ccccc43)cc2)CC1. The maximum absolute atomic E-state index is 12.5. The predicted octanol–water partition coefficient (Wildman–Crippen LogP) is 1.77. The van der Waals surface area contributed by atoms with Crippen molar-refractivity contribution in [2.45, 2.75) is 25.8 Å². The van der Waals surface area contributed by atoms with Crippen LogP contribution in [0.25, 0.3) is 11.0 Å². The molecule has 2 aromatic carbocycles. The zero-order valence-electron chi connectivity index (χ0n) is 17.9. The quantitative estimate of drug-likeness (QED) is 0.590. The Morgan fingerprint density at radius 3 is 2.50 bits per heavy atom. The minimum Gasteiger partial charge on any atom is -0.369 e. The van der Waals surface area contributed by atoms with Crippen molar-refractivity contribution in [2.24, 2.45) is 11.7 Å². The second-order valence-corrected chi connectivity index (χ2v) is 8.18. The average Bonchev–Trinajstić information content (AvgIpc) is 2.81. The first kappa shape index (κ1) is 21.7. The largest absolute Gasteiger partial charge is 0.369 e. The second kappa shape index (κ2) is 9.74. The average molecular weight is 434 g/mol. The van der Waals surface area contributed by atoms with Crippen molar-refractivity contribution in [3.05, 3.63) is 70.6 Å². The molecule has 3 N–H and O–H groups in total. The topological polar surface area (TPSA) is 110 Å². The van der Waals surface area contributed by atoms with Crippen LogP contribution in [0.2, 0.25) is 0 Å². The van der Waals surface area contributed by atoms with Crippen molar-refractivity contribution >= 4 is 28.5 Å². The number of benzene rings is 2. The number of hydrogen-bond donors (Lipinski definition) is 2. The van der Waals surface area contributed by atoms with E-state index in [0.717, 1.165) is 38.9 Å². The molecule has 1 saturated heterocycles. The van der Waals surface area contributed by atoms with Crippen LogP contribution in [0, 0.1) is 5.92 Å². The summed E-state index contributed by atoms with van der Waals surface area (Å²) in [5, 5.41) is 2.86. The van der Waals surface area contributed by atoms with Gasteiger partial charge in [-0.15, -0.1) is 0 Å². The molecule has 0 aliphatic carbocycles. The van der Waals surface area contributed by atoms with Crippen molar-refractivity contribution in [1.82, 2.24) is 14.5 Å². The van der Waals surface area contributed by atoms with Gasteiger partial charge in [-0.3, -0.25) is 19.0 Å². The van der Waals surface area contributed by atoms with E-state index in [0.29, 0.717) is 16.7 Å². The number of hydrogen-bond acceptors (Lipinski definition) is 5. The highest BCUT2D eigenvalue weighted by Gasteiger charge is 2.22. The summed E-state index contributed by atoms with van der Waals surface area (Å²) in [6.07, 6.45) is 3.79. The molecule has 2 amide bonds. The first-order valence-corrected chi connectivity index (χ1v) is 10.8. The highest BCUT2D eigenvalue weighted by molar-refractivity contribution is 5.91. The number of carbonyl (C=O) groups is 2. The lowest BCUT2D eigenvalue weighted by Crippen LogP contribution is -2.39. The minimum absolute atomic E-state index is 0.00939. The van der Waals surface area contributed by atoms with Gasteiger partial charge < -0.3 is 16.0 Å². The standard InChI is InChI=1S/C24H27N5O3/c25-24(32)18-10-13-28(14-11-18)12-9-17-5-7-19(8-6-17)27-22(30)16-29-21-4-2-1-3-20(21)26-15-23(29)31/h1-8,15,18H,9-14,16H2,(H2,25,32)(H,27,30). The number of para-hydroxylation sites is 2. The minimum atomic E-state index is -0.311. The summed E-state index contributed by atoms with van der Waals surface area (Å²) in [7, 11) is 0. The molecule has 0 bridgehead atoms. The van der Waals surface area contributed by atoms with Crippen LogP contribution in [0.1, 0.15) is 18.4 Å². The van der Waals surface area contributed by atoms with Gasteiger partial charge in [0.1, 0.15) is 6.54 Å². The van der Waals surface area contributed by atoms with Gasteiger partial charge in [-0.2, -0.15) is 0 Å². The van der Waals surface area contributed by atoms with E-state index < -0.39 is 0 Å². The van der Waals surface area contributed by atoms with Crippen molar-refractivity contribution in [2.75, 3.05) is 25.0 Å². The van der Waals surface area contributed by atoms with E-state index in [9.17, 15) is 14.4 Å². The van der Waals surface area contributed by atoms with Crippen LogP contribution in [0.3, 0.4) is 0 Å². The Bertz CT molecular complexity index is 1160. The number of rotatable bonds is 7. The zero-order chi connectivity index (χ0) is 22.5. The number of likely N-dealkylation sites (tertiary alicyclic amines) is 1. The number of aromatic nitrogens is 2. The number of fused-ring (bicyclic) bond motifs is 1. The lowest BCUT2D eigenvalue weighted by atomic mass is 9.96. The van der Waals surface area contributed by atoms with E-state index in [1.54, 1.807) is 6.07 Å². The number of nitrogens with two attached hydrogens (primary N) is 1. The molecule has 8 heteroatoms. The fourth-order valence-electron chi connectivity index (χ4n) is 4.11. The summed E-state index contributed by atoms with van der Waals surface area (Å²) >= 11 is 0. The highest BCUT2D eigenvalue weighted by Crippen LogP contribution is 2.17. The molecule has 0 saturated carbocycles. The van der Waals surface area contributed by atoms with Crippen molar-refractivity contribution in [3.63, 3.8) is 0 Å². The molecule has 1 aliphatic rings. The van der Waals surface area contributed by atoms with Crippen LogP contribution < -0.4 is 16.6 Å². The van der Waals surface area contributed by atoms with Crippen molar-refractivity contribution in [1.29, 1.82) is 0 Å². The molecular weight excluding hydrogens is 406 g/mol. The van der Waals surface area contributed by atoms with Gasteiger partial charge in [0, 0.05) is 18.2 Å². The van der Waals surface area contributed by atoms with Crippen molar-refractivity contribution < 1.29 is 9.59 Å². The molecule has 166 valence electrons. The maximum atomic E-state index is 12.5. The Hall–Kier alpha value is -3.52. The smallest absolute Gasteiger partial charge is 0.269 e. The normalized spacial score (nSPS) is 15.0. The Morgan fingerprint density at radius 1 is 1.06 bits per heavy atom. The number of amides is 2. The van der Waals surface area contributed by atoms with E-state index in [1.165, 1.54) is 16.3 Å². The number of carbonyl (C=O) groups excluding carboxylic acids is 2. The summed E-state index contributed by atoms with van der Waals surface area (Å²) in [5.41, 5.74) is 8.25. The first-order valence-electron chi connectivity index (χ1n) is 10.8. The molecule has 1 aliphatic heterocycles. The van der Waals surface area contributed by atoms with Crippen LogP contribution in [-0.2, 0) is 22.6 Å². The number of piperidine rings is 1. The van der Waals surface area contributed by atoms with E-state index in [-0.39, 0.29) is 29.8 Å². The molecule has 8 nitrogen and oxygen atoms in total. The van der Waals surface area contributed by atoms with E-state index in [4.69, 9.17) is 5.73 Å². The van der Waals surface area contributed by atoms with Gasteiger partial charge in [0.25, 0.3) is 5.56 Å². The Morgan fingerprint density at radius 2 is 1.78 bits per heavy atom. The molecular formula is C24H27N5O3. The third-order valence-electron chi connectivity index (χ3n) is 6.00. The summed E-state index contributed by atoms with van der Waals surface area (Å²) in [6, 6.07) is 15.0. The Balaban J connectivity index is 1.30. The molecule has 32 heavy (non-hydrogen) atoms. The fourth-order valence-corrected chi connectivity index (χ4v) is 4.11. The lowest BCUT2D eigenvalue weighted by molar-refractivity contribution is -0.123. The molecule has 0 atom stereocenters. The van der Waals surface area contributed by atoms with Crippen molar-refractivity contribution in [3.8, 4) is 0 Å². The number of primary amides is 1. The van der Waals surface area contributed by atoms with Crippen LogP contribution in [0.4, 0.5) is 5.69 Å². The van der Waals surface area contributed by atoms with Gasteiger partial charge in [0.15, 0.2) is 0 Å². The third kappa shape index (κ3) is 5.20. The summed E-state index contributed by atoms with van der Waals surface area (Å²) < 4.78 is 1.42. The molecule has 3 aromatic rings. The van der Waals surface area contributed by atoms with Gasteiger partial charge >= 0.3 is 0 Å². The third-order valence-corrected chi connectivity index (χ3v) is 6.00. The molecule has 0 unspecified atom stereocenters. The van der Waals surface area contributed by atoms with Gasteiger partial charge in [0.05, 0.1) is 17.2 Å². The summed E-state index contributed by atoms with van der Waals surface area (Å²) in [6.45, 7) is 2.63. The van der Waals surface area contributed by atoms with Crippen LogP contribution >= 0.6 is 0 Å². The highest BCUT2D eigenvalue weighted by atomic mass is 16.2. The maximum Gasteiger partial charge on any atom is 0.269 e.